The minimum atomic E-state index is -4.29. The number of alkyl halides is 3. The SMILES string of the molecule is CN1CCC(O)CC1.FC(F)(F)c1ccncc1N1CCCC1. The lowest BCUT2D eigenvalue weighted by molar-refractivity contribution is -0.137. The number of aliphatic hydroxyl groups excluding tert-OH is 1. The second-order valence-corrected chi connectivity index (χ2v) is 6.12. The summed E-state index contributed by atoms with van der Waals surface area (Å²) in [7, 11) is 2.09. The lowest BCUT2D eigenvalue weighted by Gasteiger charge is -2.25. The van der Waals surface area contributed by atoms with Crippen LogP contribution in [0.5, 0.6) is 0 Å². The number of rotatable bonds is 1. The van der Waals surface area contributed by atoms with Crippen molar-refractivity contribution < 1.29 is 18.3 Å². The molecule has 0 amide bonds. The highest BCUT2D eigenvalue weighted by Gasteiger charge is 2.35. The smallest absolute Gasteiger partial charge is 0.393 e. The van der Waals surface area contributed by atoms with E-state index in [4.69, 9.17) is 5.11 Å². The summed E-state index contributed by atoms with van der Waals surface area (Å²) in [6, 6.07) is 1.04. The number of aromatic nitrogens is 1. The van der Waals surface area contributed by atoms with Gasteiger partial charge in [-0.05, 0) is 38.8 Å². The van der Waals surface area contributed by atoms with Crippen LogP contribution < -0.4 is 4.90 Å². The highest BCUT2D eigenvalue weighted by atomic mass is 19.4. The van der Waals surface area contributed by atoms with Crippen molar-refractivity contribution in [2.75, 3.05) is 38.1 Å². The van der Waals surface area contributed by atoms with Gasteiger partial charge in [-0.1, -0.05) is 0 Å². The Kier molecular flexibility index (Phi) is 6.24. The molecule has 7 heteroatoms. The third kappa shape index (κ3) is 5.35. The minimum Gasteiger partial charge on any atom is -0.393 e. The Labute approximate surface area is 134 Å². The molecule has 0 saturated carbocycles. The van der Waals surface area contributed by atoms with Crippen LogP contribution in [-0.4, -0.2) is 54.3 Å². The first-order valence-corrected chi connectivity index (χ1v) is 8.00. The fourth-order valence-electron chi connectivity index (χ4n) is 2.83. The summed E-state index contributed by atoms with van der Waals surface area (Å²) in [6.07, 6.45) is 1.98. The Morgan fingerprint density at radius 2 is 1.74 bits per heavy atom. The molecular weight excluding hydrogens is 307 g/mol. The quantitative estimate of drug-likeness (QED) is 0.859. The predicted octanol–water partition coefficient (Wildman–Crippen LogP) is 2.77. The number of nitrogens with zero attached hydrogens (tertiary/aromatic N) is 3. The van der Waals surface area contributed by atoms with E-state index >= 15 is 0 Å². The summed E-state index contributed by atoms with van der Waals surface area (Å²) < 4.78 is 37.9. The summed E-state index contributed by atoms with van der Waals surface area (Å²) in [4.78, 5) is 7.75. The number of anilines is 1. The zero-order valence-corrected chi connectivity index (χ0v) is 13.4. The molecule has 4 nitrogen and oxygen atoms in total. The van der Waals surface area contributed by atoms with Gasteiger partial charge in [0, 0.05) is 32.4 Å². The molecule has 0 bridgehead atoms. The van der Waals surface area contributed by atoms with Crippen LogP contribution in [0.25, 0.3) is 0 Å². The largest absolute Gasteiger partial charge is 0.418 e. The monoisotopic (exact) mass is 331 g/mol. The summed E-state index contributed by atoms with van der Waals surface area (Å²) in [5.74, 6) is 0. The predicted molar refractivity (Wildman–Crippen MR) is 83.4 cm³/mol. The molecule has 3 rings (SSSR count). The molecule has 130 valence electrons. The molecule has 1 aromatic heterocycles. The molecule has 0 aliphatic carbocycles. The highest BCUT2D eigenvalue weighted by Crippen LogP contribution is 2.36. The highest BCUT2D eigenvalue weighted by molar-refractivity contribution is 5.53. The van der Waals surface area contributed by atoms with Crippen LogP contribution >= 0.6 is 0 Å². The zero-order valence-electron chi connectivity index (χ0n) is 13.4. The Hall–Kier alpha value is -1.34. The van der Waals surface area contributed by atoms with E-state index < -0.39 is 11.7 Å². The maximum Gasteiger partial charge on any atom is 0.418 e. The van der Waals surface area contributed by atoms with Crippen LogP contribution in [0, 0.1) is 0 Å². The van der Waals surface area contributed by atoms with Crippen molar-refractivity contribution in [1.29, 1.82) is 0 Å². The molecule has 3 heterocycles. The van der Waals surface area contributed by atoms with Crippen molar-refractivity contribution in [2.45, 2.75) is 38.0 Å². The molecular formula is C16H24F3N3O. The summed E-state index contributed by atoms with van der Waals surface area (Å²) in [5, 5.41) is 9.00. The van der Waals surface area contributed by atoms with Gasteiger partial charge in [0.2, 0.25) is 0 Å². The van der Waals surface area contributed by atoms with Crippen LogP contribution in [0.4, 0.5) is 18.9 Å². The molecule has 2 aliphatic heterocycles. The molecule has 2 fully saturated rings. The second kappa shape index (κ2) is 7.97. The molecule has 2 aliphatic rings. The number of likely N-dealkylation sites (tertiary alicyclic amines) is 1. The van der Waals surface area contributed by atoms with E-state index in [1.54, 1.807) is 4.90 Å². The van der Waals surface area contributed by atoms with Gasteiger partial charge in [-0.15, -0.1) is 0 Å². The van der Waals surface area contributed by atoms with Gasteiger partial charge in [0.1, 0.15) is 0 Å². The number of piperidine rings is 1. The average molecular weight is 331 g/mol. The van der Waals surface area contributed by atoms with Crippen LogP contribution in [0.3, 0.4) is 0 Å². The van der Waals surface area contributed by atoms with Gasteiger partial charge >= 0.3 is 6.18 Å². The van der Waals surface area contributed by atoms with Crippen molar-refractivity contribution in [3.05, 3.63) is 24.0 Å². The van der Waals surface area contributed by atoms with Crippen molar-refractivity contribution in [2.24, 2.45) is 0 Å². The first-order valence-electron chi connectivity index (χ1n) is 8.00. The Balaban J connectivity index is 0.000000203. The van der Waals surface area contributed by atoms with Gasteiger partial charge < -0.3 is 14.9 Å². The lowest BCUT2D eigenvalue weighted by Crippen LogP contribution is -2.32. The van der Waals surface area contributed by atoms with Crippen molar-refractivity contribution in [3.63, 3.8) is 0 Å². The van der Waals surface area contributed by atoms with E-state index in [1.165, 1.54) is 12.4 Å². The molecule has 0 atom stereocenters. The normalized spacial score (nSPS) is 20.3. The molecule has 1 aromatic rings. The second-order valence-electron chi connectivity index (χ2n) is 6.12. The number of halogens is 3. The lowest BCUT2D eigenvalue weighted by atomic mass is 10.1. The molecule has 23 heavy (non-hydrogen) atoms. The van der Waals surface area contributed by atoms with E-state index in [9.17, 15) is 13.2 Å². The van der Waals surface area contributed by atoms with Crippen LogP contribution in [0.1, 0.15) is 31.2 Å². The molecule has 2 saturated heterocycles. The van der Waals surface area contributed by atoms with Crippen LogP contribution in [0.15, 0.2) is 18.5 Å². The first-order chi connectivity index (χ1) is 10.9. The minimum absolute atomic E-state index is 0.0220. The molecule has 0 unspecified atom stereocenters. The number of aliphatic hydroxyl groups is 1. The van der Waals surface area contributed by atoms with Crippen molar-refractivity contribution in [1.82, 2.24) is 9.88 Å². The zero-order chi connectivity index (χ0) is 16.9. The van der Waals surface area contributed by atoms with Crippen molar-refractivity contribution in [3.8, 4) is 0 Å². The first kappa shape index (κ1) is 18.0. The third-order valence-corrected chi connectivity index (χ3v) is 4.24. The molecule has 1 N–H and O–H groups in total. The van der Waals surface area contributed by atoms with Gasteiger partial charge in [0.25, 0.3) is 0 Å². The summed E-state index contributed by atoms with van der Waals surface area (Å²) in [6.45, 7) is 3.49. The maximum absolute atomic E-state index is 12.6. The van der Waals surface area contributed by atoms with Crippen LogP contribution in [-0.2, 0) is 6.18 Å². The summed E-state index contributed by atoms with van der Waals surface area (Å²) >= 11 is 0. The van der Waals surface area contributed by atoms with E-state index in [0.29, 0.717) is 13.1 Å². The van der Waals surface area contributed by atoms with E-state index in [-0.39, 0.29) is 11.8 Å². The molecule has 0 radical (unpaired) electrons. The van der Waals surface area contributed by atoms with E-state index in [0.717, 1.165) is 44.8 Å². The van der Waals surface area contributed by atoms with Gasteiger partial charge in [-0.25, -0.2) is 0 Å². The Morgan fingerprint density at radius 1 is 1.13 bits per heavy atom. The number of pyridine rings is 1. The van der Waals surface area contributed by atoms with Crippen molar-refractivity contribution >= 4 is 5.69 Å². The molecule has 0 spiro atoms. The fourth-order valence-corrected chi connectivity index (χ4v) is 2.83. The maximum atomic E-state index is 12.6. The van der Waals surface area contributed by atoms with Gasteiger partial charge in [-0.2, -0.15) is 13.2 Å². The van der Waals surface area contributed by atoms with E-state index in [2.05, 4.69) is 16.9 Å². The molecule has 0 aromatic carbocycles. The Morgan fingerprint density at radius 3 is 2.26 bits per heavy atom. The fraction of sp³-hybridized carbons (Fsp3) is 0.688. The van der Waals surface area contributed by atoms with E-state index in [1.807, 2.05) is 0 Å². The van der Waals surface area contributed by atoms with Gasteiger partial charge in [0.05, 0.1) is 23.6 Å². The number of hydrogen-bond donors (Lipinski definition) is 1. The van der Waals surface area contributed by atoms with Crippen LogP contribution in [0.2, 0.25) is 0 Å². The third-order valence-electron chi connectivity index (χ3n) is 4.24. The van der Waals surface area contributed by atoms with Gasteiger partial charge in [-0.3, -0.25) is 4.98 Å². The standard InChI is InChI=1S/C10H11F3N2.C6H13NO/c11-10(12,13)8-3-4-14-7-9(8)15-5-1-2-6-15;1-7-4-2-6(8)3-5-7/h3-4,7H,1-2,5-6H2;6,8H,2-5H2,1H3. The number of hydrogen-bond acceptors (Lipinski definition) is 4. The summed E-state index contributed by atoms with van der Waals surface area (Å²) in [5.41, 5.74) is -0.373. The Bertz CT molecular complexity index is 472. The average Bonchev–Trinajstić information content (AvgIpc) is 3.04. The topological polar surface area (TPSA) is 39.6 Å². The van der Waals surface area contributed by atoms with Gasteiger partial charge in [0.15, 0.2) is 0 Å².